The number of likely N-dealkylation sites (tertiary alicyclic amines) is 1. The van der Waals surface area contributed by atoms with E-state index >= 15 is 0 Å². The first-order chi connectivity index (χ1) is 6.27. The lowest BCUT2D eigenvalue weighted by Crippen LogP contribution is -2.31. The summed E-state index contributed by atoms with van der Waals surface area (Å²) in [7, 11) is 0. The zero-order valence-corrected chi connectivity index (χ0v) is 9.52. The van der Waals surface area contributed by atoms with Crippen LogP contribution in [-0.2, 0) is 0 Å². The van der Waals surface area contributed by atoms with Gasteiger partial charge in [-0.3, -0.25) is 0 Å². The van der Waals surface area contributed by atoms with Gasteiger partial charge in [-0.1, -0.05) is 0 Å². The van der Waals surface area contributed by atoms with Gasteiger partial charge in [-0.2, -0.15) is 11.8 Å². The highest BCUT2D eigenvalue weighted by Gasteiger charge is 2.24. The Balaban J connectivity index is 2.20. The highest BCUT2D eigenvalue weighted by molar-refractivity contribution is 7.98. The van der Waals surface area contributed by atoms with E-state index in [9.17, 15) is 0 Å². The molecule has 2 nitrogen and oxygen atoms in total. The molecule has 1 aliphatic heterocycles. The van der Waals surface area contributed by atoms with E-state index < -0.39 is 0 Å². The second-order valence-electron chi connectivity index (χ2n) is 3.96. The lowest BCUT2D eigenvalue weighted by Gasteiger charge is -2.23. The van der Waals surface area contributed by atoms with Crippen LogP contribution in [-0.4, -0.2) is 47.8 Å². The molecule has 0 spiro atoms. The van der Waals surface area contributed by atoms with Crippen molar-refractivity contribution >= 4 is 11.8 Å². The summed E-state index contributed by atoms with van der Waals surface area (Å²) in [6.07, 6.45) is 4.62. The van der Waals surface area contributed by atoms with Crippen LogP contribution in [0, 0.1) is 5.92 Å². The minimum atomic E-state index is 0.367. The standard InChI is InChI=1S/C10H21NOS/c1-9(4-6-13-2)11-5-3-10(7-11)8-12/h9-10,12H,3-8H2,1-2H3. The molecule has 1 heterocycles. The van der Waals surface area contributed by atoms with E-state index in [1.54, 1.807) is 0 Å². The van der Waals surface area contributed by atoms with Crippen LogP contribution < -0.4 is 0 Å². The summed E-state index contributed by atoms with van der Waals surface area (Å²) in [5.41, 5.74) is 0. The van der Waals surface area contributed by atoms with Crippen LogP contribution in [0.3, 0.4) is 0 Å². The number of thioether (sulfide) groups is 1. The second-order valence-corrected chi connectivity index (χ2v) is 4.95. The zero-order valence-electron chi connectivity index (χ0n) is 8.70. The van der Waals surface area contributed by atoms with Gasteiger partial charge in [0.25, 0.3) is 0 Å². The monoisotopic (exact) mass is 203 g/mol. The van der Waals surface area contributed by atoms with Crippen molar-refractivity contribution < 1.29 is 5.11 Å². The van der Waals surface area contributed by atoms with Gasteiger partial charge in [-0.25, -0.2) is 0 Å². The summed E-state index contributed by atoms with van der Waals surface area (Å²) in [5, 5.41) is 9.01. The molecule has 3 heteroatoms. The van der Waals surface area contributed by atoms with Gasteiger partial charge in [0.1, 0.15) is 0 Å². The van der Waals surface area contributed by atoms with Gasteiger partial charge in [0.2, 0.25) is 0 Å². The predicted molar refractivity (Wildman–Crippen MR) is 59.2 cm³/mol. The topological polar surface area (TPSA) is 23.5 Å². The first-order valence-corrected chi connectivity index (χ1v) is 6.51. The van der Waals surface area contributed by atoms with Crippen LogP contribution in [0.4, 0.5) is 0 Å². The SMILES string of the molecule is CSCCC(C)N1CCC(CO)C1. The number of hydrogen-bond acceptors (Lipinski definition) is 3. The highest BCUT2D eigenvalue weighted by atomic mass is 32.2. The molecule has 0 aliphatic carbocycles. The maximum atomic E-state index is 9.01. The van der Waals surface area contributed by atoms with Crippen molar-refractivity contribution in [3.8, 4) is 0 Å². The smallest absolute Gasteiger partial charge is 0.0471 e. The Bertz CT molecular complexity index is 143. The molecule has 0 bridgehead atoms. The molecular weight excluding hydrogens is 182 g/mol. The zero-order chi connectivity index (χ0) is 9.68. The van der Waals surface area contributed by atoms with Gasteiger partial charge >= 0.3 is 0 Å². The molecule has 0 aromatic rings. The highest BCUT2D eigenvalue weighted by Crippen LogP contribution is 2.19. The van der Waals surface area contributed by atoms with Crippen LogP contribution >= 0.6 is 11.8 Å². The van der Waals surface area contributed by atoms with Crippen LogP contribution in [0.15, 0.2) is 0 Å². The van der Waals surface area contributed by atoms with Crippen LogP contribution in [0.2, 0.25) is 0 Å². The van der Waals surface area contributed by atoms with E-state index in [1.165, 1.54) is 25.1 Å². The third-order valence-electron chi connectivity index (χ3n) is 2.94. The van der Waals surface area contributed by atoms with E-state index in [-0.39, 0.29) is 0 Å². The number of hydrogen-bond donors (Lipinski definition) is 1. The van der Waals surface area contributed by atoms with Crippen molar-refractivity contribution in [1.29, 1.82) is 0 Å². The Labute approximate surface area is 85.7 Å². The average molecular weight is 203 g/mol. The Morgan fingerprint density at radius 2 is 2.38 bits per heavy atom. The number of rotatable bonds is 5. The van der Waals surface area contributed by atoms with E-state index in [1.807, 2.05) is 11.8 Å². The van der Waals surface area contributed by atoms with Gasteiger partial charge in [0.15, 0.2) is 0 Å². The normalized spacial score (nSPS) is 26.5. The molecule has 13 heavy (non-hydrogen) atoms. The third-order valence-corrected chi connectivity index (χ3v) is 3.58. The van der Waals surface area contributed by atoms with Crippen LogP contribution in [0.25, 0.3) is 0 Å². The molecule has 78 valence electrons. The molecule has 1 rings (SSSR count). The van der Waals surface area contributed by atoms with Crippen LogP contribution in [0.5, 0.6) is 0 Å². The summed E-state index contributed by atoms with van der Waals surface area (Å²) >= 11 is 1.92. The first kappa shape index (κ1) is 11.3. The Hall–Kier alpha value is 0.270. The van der Waals surface area contributed by atoms with Gasteiger partial charge in [-0.05, 0) is 44.2 Å². The molecule has 1 N–H and O–H groups in total. The van der Waals surface area contributed by atoms with Crippen molar-refractivity contribution in [3.05, 3.63) is 0 Å². The molecule has 2 unspecified atom stereocenters. The van der Waals surface area contributed by atoms with Gasteiger partial charge in [-0.15, -0.1) is 0 Å². The maximum absolute atomic E-state index is 9.01. The third kappa shape index (κ3) is 3.49. The number of nitrogens with zero attached hydrogens (tertiary/aromatic N) is 1. The maximum Gasteiger partial charge on any atom is 0.0471 e. The van der Waals surface area contributed by atoms with Gasteiger partial charge in [0.05, 0.1) is 0 Å². The first-order valence-electron chi connectivity index (χ1n) is 5.11. The van der Waals surface area contributed by atoms with E-state index in [4.69, 9.17) is 5.11 Å². The van der Waals surface area contributed by atoms with Crippen molar-refractivity contribution in [3.63, 3.8) is 0 Å². The fraction of sp³-hybridized carbons (Fsp3) is 1.00. The molecule has 0 saturated carbocycles. The summed E-state index contributed by atoms with van der Waals surface area (Å²) in [5.74, 6) is 1.79. The summed E-state index contributed by atoms with van der Waals surface area (Å²) in [6.45, 7) is 4.95. The van der Waals surface area contributed by atoms with Crippen molar-refractivity contribution in [1.82, 2.24) is 4.90 Å². The fourth-order valence-corrected chi connectivity index (χ4v) is 2.46. The molecule has 2 atom stereocenters. The van der Waals surface area contributed by atoms with E-state index in [0.29, 0.717) is 18.6 Å². The molecule has 1 saturated heterocycles. The van der Waals surface area contributed by atoms with Crippen LogP contribution in [0.1, 0.15) is 19.8 Å². The van der Waals surface area contributed by atoms with Gasteiger partial charge in [0, 0.05) is 19.2 Å². The van der Waals surface area contributed by atoms with Crippen molar-refractivity contribution in [2.75, 3.05) is 31.7 Å². The fourth-order valence-electron chi connectivity index (χ4n) is 1.88. The largest absolute Gasteiger partial charge is 0.396 e. The molecule has 1 fully saturated rings. The second kappa shape index (κ2) is 5.89. The molecule has 0 aromatic heterocycles. The molecule has 0 aromatic carbocycles. The summed E-state index contributed by atoms with van der Waals surface area (Å²) < 4.78 is 0. The molecule has 1 aliphatic rings. The average Bonchev–Trinajstić information content (AvgIpc) is 2.62. The molecule has 0 radical (unpaired) electrons. The summed E-state index contributed by atoms with van der Waals surface area (Å²) in [6, 6.07) is 0.698. The quantitative estimate of drug-likeness (QED) is 0.731. The molecule has 0 amide bonds. The van der Waals surface area contributed by atoms with E-state index in [2.05, 4.69) is 18.1 Å². The Kier molecular flexibility index (Phi) is 5.14. The number of aliphatic hydroxyl groups is 1. The lowest BCUT2D eigenvalue weighted by molar-refractivity contribution is 0.202. The van der Waals surface area contributed by atoms with Gasteiger partial charge < -0.3 is 10.0 Å². The minimum Gasteiger partial charge on any atom is -0.396 e. The summed E-state index contributed by atoms with van der Waals surface area (Å²) in [4.78, 5) is 2.51. The molecular formula is C10H21NOS. The lowest BCUT2D eigenvalue weighted by atomic mass is 10.1. The Morgan fingerprint density at radius 1 is 1.62 bits per heavy atom. The predicted octanol–water partition coefficient (Wildman–Crippen LogP) is 1.44. The van der Waals surface area contributed by atoms with Crippen molar-refractivity contribution in [2.24, 2.45) is 5.92 Å². The van der Waals surface area contributed by atoms with E-state index in [0.717, 1.165) is 6.54 Å². The Morgan fingerprint density at radius 3 is 2.92 bits per heavy atom. The minimum absolute atomic E-state index is 0.367. The number of aliphatic hydroxyl groups excluding tert-OH is 1. The van der Waals surface area contributed by atoms with Crippen molar-refractivity contribution in [2.45, 2.75) is 25.8 Å².